The van der Waals surface area contributed by atoms with Gasteiger partial charge in [0.2, 0.25) is 0 Å². The second-order valence-electron chi connectivity index (χ2n) is 6.22. The number of benzene rings is 2. The lowest BCUT2D eigenvalue weighted by Crippen LogP contribution is -2.42. The number of aliphatic hydroxyl groups excluding tert-OH is 1. The van der Waals surface area contributed by atoms with Crippen molar-refractivity contribution in [1.82, 2.24) is 10.6 Å². The number of ether oxygens (including phenoxy) is 1. The highest BCUT2D eigenvalue weighted by Gasteiger charge is 2.17. The zero-order valence-electron chi connectivity index (χ0n) is 15.0. The van der Waals surface area contributed by atoms with Crippen molar-refractivity contribution in [2.75, 3.05) is 20.3 Å². The van der Waals surface area contributed by atoms with E-state index in [0.717, 1.165) is 22.3 Å². The number of methoxy groups -OCH3 is 1. The molecule has 0 fully saturated rings. The number of hydrogen-bond acceptors (Lipinski definition) is 3. The van der Waals surface area contributed by atoms with Crippen LogP contribution in [-0.2, 0) is 4.74 Å². The van der Waals surface area contributed by atoms with Gasteiger partial charge in [0.05, 0.1) is 18.8 Å². The predicted molar refractivity (Wildman–Crippen MR) is 98.6 cm³/mol. The van der Waals surface area contributed by atoms with Crippen LogP contribution in [0.25, 0.3) is 0 Å². The van der Waals surface area contributed by atoms with E-state index in [0.29, 0.717) is 0 Å². The number of aliphatic hydroxyl groups is 1. The topological polar surface area (TPSA) is 70.6 Å². The van der Waals surface area contributed by atoms with Gasteiger partial charge in [-0.25, -0.2) is 4.79 Å². The quantitative estimate of drug-likeness (QED) is 0.724. The Morgan fingerprint density at radius 1 is 1.08 bits per heavy atom. The molecule has 0 aliphatic rings. The molecule has 2 aromatic carbocycles. The van der Waals surface area contributed by atoms with Crippen molar-refractivity contribution in [3.8, 4) is 0 Å². The molecule has 0 spiro atoms. The van der Waals surface area contributed by atoms with Crippen molar-refractivity contribution in [3.63, 3.8) is 0 Å². The number of carbonyl (C=O) groups excluding carboxylic acids is 1. The molecule has 0 aromatic heterocycles. The summed E-state index contributed by atoms with van der Waals surface area (Å²) in [5, 5.41) is 15.4. The lowest BCUT2D eigenvalue weighted by Gasteiger charge is -2.21. The van der Waals surface area contributed by atoms with Gasteiger partial charge in [-0.2, -0.15) is 0 Å². The number of aryl methyl sites for hydroxylation is 2. The lowest BCUT2D eigenvalue weighted by molar-refractivity contribution is 0.0659. The minimum absolute atomic E-state index is 0.133. The van der Waals surface area contributed by atoms with E-state index in [9.17, 15) is 9.90 Å². The number of carbonyl (C=O) groups is 1. The Labute approximate surface area is 149 Å². The van der Waals surface area contributed by atoms with Crippen LogP contribution in [0.1, 0.15) is 28.3 Å². The number of hydrogen-bond donors (Lipinski definition) is 3. The van der Waals surface area contributed by atoms with Crippen LogP contribution in [0, 0.1) is 13.8 Å². The summed E-state index contributed by atoms with van der Waals surface area (Å²) < 4.78 is 4.86. The molecule has 2 rings (SSSR count). The first-order valence-electron chi connectivity index (χ1n) is 8.34. The van der Waals surface area contributed by atoms with E-state index in [1.54, 1.807) is 0 Å². The molecule has 0 saturated heterocycles. The van der Waals surface area contributed by atoms with Crippen molar-refractivity contribution in [2.45, 2.75) is 26.0 Å². The molecule has 1 atom stereocenters. The van der Waals surface area contributed by atoms with Crippen molar-refractivity contribution in [1.29, 1.82) is 0 Å². The van der Waals surface area contributed by atoms with E-state index in [1.807, 2.05) is 50.2 Å². The molecule has 5 heteroatoms. The molecule has 0 radical (unpaired) electrons. The van der Waals surface area contributed by atoms with Gasteiger partial charge >= 0.3 is 6.03 Å². The molecule has 2 aromatic rings. The summed E-state index contributed by atoms with van der Waals surface area (Å²) >= 11 is 0. The van der Waals surface area contributed by atoms with Gasteiger partial charge in [-0.1, -0.05) is 59.7 Å². The van der Waals surface area contributed by atoms with Gasteiger partial charge in [-0.3, -0.25) is 0 Å². The van der Waals surface area contributed by atoms with Crippen molar-refractivity contribution in [3.05, 3.63) is 70.8 Å². The lowest BCUT2D eigenvalue weighted by atomic mass is 9.96. The highest BCUT2D eigenvalue weighted by atomic mass is 16.5. The zero-order valence-corrected chi connectivity index (χ0v) is 15.0. The maximum absolute atomic E-state index is 12.3. The standard InChI is InChI=1S/C20H26N2O3/c1-14-6-4-8-16(10-14)19(17-9-5-7-15(2)11-17)22-20(24)21-12-18(23)13-25-3/h4-11,18-19,23H,12-13H2,1-3H3,(H2,21,22,24)/t18-/m1/s1. The highest BCUT2D eigenvalue weighted by molar-refractivity contribution is 5.75. The minimum Gasteiger partial charge on any atom is -0.389 e. The summed E-state index contributed by atoms with van der Waals surface area (Å²) in [6.45, 7) is 4.36. The van der Waals surface area contributed by atoms with Gasteiger partial charge < -0.3 is 20.5 Å². The molecule has 0 heterocycles. The Morgan fingerprint density at radius 3 is 2.12 bits per heavy atom. The number of rotatable bonds is 7. The Hall–Kier alpha value is -2.37. The third-order valence-electron chi connectivity index (χ3n) is 3.88. The zero-order chi connectivity index (χ0) is 18.2. The first kappa shape index (κ1) is 19.0. The smallest absolute Gasteiger partial charge is 0.315 e. The highest BCUT2D eigenvalue weighted by Crippen LogP contribution is 2.23. The predicted octanol–water partition coefficient (Wildman–Crippen LogP) is 2.70. The van der Waals surface area contributed by atoms with Gasteiger partial charge in [0, 0.05) is 13.7 Å². The molecular formula is C20H26N2O3. The Balaban J connectivity index is 2.16. The average molecular weight is 342 g/mol. The Kier molecular flexibility index (Phi) is 6.98. The van der Waals surface area contributed by atoms with E-state index < -0.39 is 6.10 Å². The van der Waals surface area contributed by atoms with Gasteiger partial charge in [0.15, 0.2) is 0 Å². The molecular weight excluding hydrogens is 316 g/mol. The largest absolute Gasteiger partial charge is 0.389 e. The van der Waals surface area contributed by atoms with Crippen LogP contribution < -0.4 is 10.6 Å². The third-order valence-corrected chi connectivity index (χ3v) is 3.88. The molecule has 134 valence electrons. The van der Waals surface area contributed by atoms with E-state index in [4.69, 9.17) is 4.74 Å². The van der Waals surface area contributed by atoms with E-state index in [1.165, 1.54) is 7.11 Å². The van der Waals surface area contributed by atoms with Crippen LogP contribution in [-0.4, -0.2) is 37.5 Å². The summed E-state index contributed by atoms with van der Waals surface area (Å²) in [4.78, 5) is 12.3. The number of nitrogens with one attached hydrogen (secondary N) is 2. The normalized spacial score (nSPS) is 12.0. The summed E-state index contributed by atoms with van der Waals surface area (Å²) in [6, 6.07) is 15.5. The monoisotopic (exact) mass is 342 g/mol. The fourth-order valence-electron chi connectivity index (χ4n) is 2.70. The van der Waals surface area contributed by atoms with E-state index in [2.05, 4.69) is 22.8 Å². The van der Waals surface area contributed by atoms with Crippen molar-refractivity contribution in [2.24, 2.45) is 0 Å². The van der Waals surface area contributed by atoms with Crippen molar-refractivity contribution < 1.29 is 14.6 Å². The van der Waals surface area contributed by atoms with Crippen LogP contribution in [0.15, 0.2) is 48.5 Å². The third kappa shape index (κ3) is 5.89. The second-order valence-corrected chi connectivity index (χ2v) is 6.22. The Bertz CT molecular complexity index is 657. The fourth-order valence-corrected chi connectivity index (χ4v) is 2.70. The van der Waals surface area contributed by atoms with E-state index in [-0.39, 0.29) is 25.2 Å². The van der Waals surface area contributed by atoms with Gasteiger partial charge in [-0.05, 0) is 25.0 Å². The maximum atomic E-state index is 12.3. The molecule has 0 aliphatic heterocycles. The summed E-state index contributed by atoms with van der Waals surface area (Å²) in [7, 11) is 1.51. The molecule has 0 unspecified atom stereocenters. The van der Waals surface area contributed by atoms with E-state index >= 15 is 0 Å². The number of amides is 2. The van der Waals surface area contributed by atoms with Crippen molar-refractivity contribution >= 4 is 6.03 Å². The first-order valence-corrected chi connectivity index (χ1v) is 8.34. The van der Waals surface area contributed by atoms with Crippen LogP contribution in [0.2, 0.25) is 0 Å². The van der Waals surface area contributed by atoms with Gasteiger partial charge in [0.1, 0.15) is 0 Å². The SMILES string of the molecule is COC[C@H](O)CNC(=O)NC(c1cccc(C)c1)c1cccc(C)c1. The summed E-state index contributed by atoms with van der Waals surface area (Å²) in [5.74, 6) is 0. The molecule has 0 saturated carbocycles. The second kappa shape index (κ2) is 9.20. The van der Waals surface area contributed by atoms with Crippen LogP contribution >= 0.6 is 0 Å². The molecule has 25 heavy (non-hydrogen) atoms. The average Bonchev–Trinajstić information content (AvgIpc) is 2.58. The van der Waals surface area contributed by atoms with Gasteiger partial charge in [0.25, 0.3) is 0 Å². The molecule has 0 bridgehead atoms. The number of urea groups is 1. The molecule has 2 amide bonds. The minimum atomic E-state index is -0.730. The Morgan fingerprint density at radius 2 is 1.64 bits per heavy atom. The summed E-state index contributed by atoms with van der Waals surface area (Å²) in [6.07, 6.45) is -0.730. The fraction of sp³-hybridized carbons (Fsp3) is 0.350. The van der Waals surface area contributed by atoms with Crippen LogP contribution in [0.4, 0.5) is 4.79 Å². The maximum Gasteiger partial charge on any atom is 0.315 e. The van der Waals surface area contributed by atoms with Crippen LogP contribution in [0.3, 0.4) is 0 Å². The molecule has 5 nitrogen and oxygen atoms in total. The first-order chi connectivity index (χ1) is 12.0. The molecule has 0 aliphatic carbocycles. The van der Waals surface area contributed by atoms with Gasteiger partial charge in [-0.15, -0.1) is 0 Å². The molecule has 3 N–H and O–H groups in total. The van der Waals surface area contributed by atoms with Crippen LogP contribution in [0.5, 0.6) is 0 Å². The summed E-state index contributed by atoms with van der Waals surface area (Å²) in [5.41, 5.74) is 4.29.